The maximum atomic E-state index is 11.1. The van der Waals surface area contributed by atoms with E-state index in [1.54, 1.807) is 12.1 Å². The van der Waals surface area contributed by atoms with Crippen LogP contribution < -0.4 is 5.73 Å². The van der Waals surface area contributed by atoms with Gasteiger partial charge in [0.15, 0.2) is 0 Å². The maximum Gasteiger partial charge on any atom is 0.339 e. The van der Waals surface area contributed by atoms with Gasteiger partial charge in [0.1, 0.15) is 0 Å². The van der Waals surface area contributed by atoms with E-state index in [1.165, 1.54) is 7.11 Å². The van der Waals surface area contributed by atoms with Gasteiger partial charge in [-0.15, -0.1) is 12.4 Å². The molecule has 0 aliphatic heterocycles. The van der Waals surface area contributed by atoms with Gasteiger partial charge in [-0.2, -0.15) is 0 Å². The van der Waals surface area contributed by atoms with E-state index in [2.05, 4.69) is 4.74 Å². The number of aryl methyl sites for hydroxylation is 1. The predicted octanol–water partition coefficient (Wildman–Crippen LogP) is 1.79. The fraction of sp³-hybridized carbons (Fsp3) is 0.222. The molecule has 0 saturated heterocycles. The van der Waals surface area contributed by atoms with Gasteiger partial charge in [-0.1, -0.05) is 12.1 Å². The van der Waals surface area contributed by atoms with Gasteiger partial charge in [0, 0.05) is 5.69 Å². The lowest BCUT2D eigenvalue weighted by atomic mass is 10.1. The van der Waals surface area contributed by atoms with Crippen molar-refractivity contribution in [3.05, 3.63) is 29.3 Å². The van der Waals surface area contributed by atoms with Crippen LogP contribution in [0.5, 0.6) is 0 Å². The third-order valence-electron chi connectivity index (χ3n) is 1.73. The number of rotatable bonds is 1. The highest BCUT2D eigenvalue weighted by Gasteiger charge is 2.09. The van der Waals surface area contributed by atoms with E-state index in [9.17, 15) is 4.79 Å². The number of hydrogen-bond donors (Lipinski definition) is 1. The molecule has 3 nitrogen and oxygen atoms in total. The number of anilines is 1. The molecule has 13 heavy (non-hydrogen) atoms. The Bertz CT molecular complexity index is 312. The summed E-state index contributed by atoms with van der Waals surface area (Å²) >= 11 is 0. The first-order chi connectivity index (χ1) is 5.66. The highest BCUT2D eigenvalue weighted by atomic mass is 35.5. The number of carbonyl (C=O) groups excluding carboxylic acids is 1. The summed E-state index contributed by atoms with van der Waals surface area (Å²) in [4.78, 5) is 11.1. The molecule has 0 bridgehead atoms. The van der Waals surface area contributed by atoms with E-state index in [-0.39, 0.29) is 12.4 Å². The van der Waals surface area contributed by atoms with Crippen LogP contribution in [0.2, 0.25) is 0 Å². The van der Waals surface area contributed by atoms with Crippen molar-refractivity contribution in [2.24, 2.45) is 0 Å². The van der Waals surface area contributed by atoms with Crippen LogP contribution in [0.3, 0.4) is 0 Å². The van der Waals surface area contributed by atoms with Crippen molar-refractivity contribution in [1.82, 2.24) is 0 Å². The standard InChI is InChI=1S/C9H11NO2.ClH/c1-6-4-3-5-7(8(6)10)9(11)12-2;/h3-5H,10H2,1-2H3;1H. The first-order valence-electron chi connectivity index (χ1n) is 3.60. The minimum atomic E-state index is -0.392. The zero-order chi connectivity index (χ0) is 9.14. The molecule has 1 rings (SSSR count). The molecule has 0 aliphatic rings. The van der Waals surface area contributed by atoms with Crippen molar-refractivity contribution in [2.45, 2.75) is 6.92 Å². The lowest BCUT2D eigenvalue weighted by Crippen LogP contribution is -2.06. The Hall–Kier alpha value is -1.22. The number of esters is 1. The van der Waals surface area contributed by atoms with E-state index in [0.717, 1.165) is 5.56 Å². The fourth-order valence-electron chi connectivity index (χ4n) is 0.969. The minimum absolute atomic E-state index is 0. The van der Waals surface area contributed by atoms with E-state index in [0.29, 0.717) is 11.3 Å². The van der Waals surface area contributed by atoms with E-state index in [4.69, 9.17) is 5.73 Å². The molecule has 0 unspecified atom stereocenters. The molecular weight excluding hydrogens is 190 g/mol. The molecule has 72 valence electrons. The summed E-state index contributed by atoms with van der Waals surface area (Å²) in [5.74, 6) is -0.392. The third-order valence-corrected chi connectivity index (χ3v) is 1.73. The number of benzene rings is 1. The number of nitrogens with two attached hydrogens (primary N) is 1. The molecule has 1 aromatic rings. The minimum Gasteiger partial charge on any atom is -0.465 e. The predicted molar refractivity (Wildman–Crippen MR) is 54.2 cm³/mol. The Morgan fingerprint density at radius 3 is 2.62 bits per heavy atom. The van der Waals surface area contributed by atoms with Crippen LogP contribution in [0.15, 0.2) is 18.2 Å². The Morgan fingerprint density at radius 1 is 1.46 bits per heavy atom. The molecule has 4 heteroatoms. The van der Waals surface area contributed by atoms with E-state index in [1.807, 2.05) is 13.0 Å². The largest absolute Gasteiger partial charge is 0.465 e. The molecule has 0 fully saturated rings. The Morgan fingerprint density at radius 2 is 2.08 bits per heavy atom. The lowest BCUT2D eigenvalue weighted by Gasteiger charge is -2.04. The fourth-order valence-corrected chi connectivity index (χ4v) is 0.969. The van der Waals surface area contributed by atoms with E-state index >= 15 is 0 Å². The second-order valence-electron chi connectivity index (χ2n) is 2.53. The van der Waals surface area contributed by atoms with Crippen LogP contribution in [-0.2, 0) is 4.74 Å². The quantitative estimate of drug-likeness (QED) is 0.557. The summed E-state index contributed by atoms with van der Waals surface area (Å²) < 4.78 is 4.55. The summed E-state index contributed by atoms with van der Waals surface area (Å²) in [5, 5.41) is 0. The van der Waals surface area contributed by atoms with Gasteiger partial charge in [-0.3, -0.25) is 0 Å². The monoisotopic (exact) mass is 201 g/mol. The summed E-state index contributed by atoms with van der Waals surface area (Å²) in [7, 11) is 1.34. The van der Waals surface area contributed by atoms with Crippen LogP contribution in [0.1, 0.15) is 15.9 Å². The second-order valence-corrected chi connectivity index (χ2v) is 2.53. The zero-order valence-electron chi connectivity index (χ0n) is 7.53. The number of methoxy groups -OCH3 is 1. The average Bonchev–Trinajstić information content (AvgIpc) is 2.08. The van der Waals surface area contributed by atoms with Crippen molar-refractivity contribution in [3.8, 4) is 0 Å². The van der Waals surface area contributed by atoms with Gasteiger partial charge in [0.2, 0.25) is 0 Å². The molecule has 1 aromatic carbocycles. The van der Waals surface area contributed by atoms with Crippen LogP contribution in [-0.4, -0.2) is 13.1 Å². The molecular formula is C9H12ClNO2. The molecule has 0 amide bonds. The number of ether oxygens (including phenoxy) is 1. The third kappa shape index (κ3) is 2.36. The van der Waals surface area contributed by atoms with Crippen molar-refractivity contribution < 1.29 is 9.53 Å². The van der Waals surface area contributed by atoms with Crippen molar-refractivity contribution >= 4 is 24.1 Å². The number of carbonyl (C=O) groups is 1. The first-order valence-corrected chi connectivity index (χ1v) is 3.60. The van der Waals surface area contributed by atoms with Crippen molar-refractivity contribution in [2.75, 3.05) is 12.8 Å². The van der Waals surface area contributed by atoms with Gasteiger partial charge in [0.05, 0.1) is 12.7 Å². The SMILES string of the molecule is COC(=O)c1cccc(C)c1N.Cl. The summed E-state index contributed by atoms with van der Waals surface area (Å²) in [6.45, 7) is 1.85. The zero-order valence-corrected chi connectivity index (χ0v) is 8.35. The smallest absolute Gasteiger partial charge is 0.339 e. The molecule has 0 aromatic heterocycles. The van der Waals surface area contributed by atoms with Gasteiger partial charge < -0.3 is 10.5 Å². The Kier molecular flexibility index (Phi) is 4.28. The normalized spacial score (nSPS) is 8.77. The molecule has 0 saturated carbocycles. The molecule has 0 aliphatic carbocycles. The maximum absolute atomic E-state index is 11.1. The Labute approximate surface area is 83.3 Å². The van der Waals surface area contributed by atoms with Crippen LogP contribution >= 0.6 is 12.4 Å². The topological polar surface area (TPSA) is 52.3 Å². The summed E-state index contributed by atoms with van der Waals surface area (Å²) in [6, 6.07) is 5.27. The van der Waals surface area contributed by atoms with E-state index < -0.39 is 5.97 Å². The van der Waals surface area contributed by atoms with Crippen LogP contribution in [0.25, 0.3) is 0 Å². The van der Waals surface area contributed by atoms with Crippen LogP contribution in [0.4, 0.5) is 5.69 Å². The van der Waals surface area contributed by atoms with Gasteiger partial charge in [-0.05, 0) is 18.6 Å². The molecule has 0 radical (unpaired) electrons. The van der Waals surface area contributed by atoms with Gasteiger partial charge in [0.25, 0.3) is 0 Å². The van der Waals surface area contributed by atoms with Crippen molar-refractivity contribution in [1.29, 1.82) is 0 Å². The number of halogens is 1. The molecule has 0 atom stereocenters. The lowest BCUT2D eigenvalue weighted by molar-refractivity contribution is 0.0602. The second kappa shape index (κ2) is 4.72. The average molecular weight is 202 g/mol. The van der Waals surface area contributed by atoms with Gasteiger partial charge >= 0.3 is 5.97 Å². The highest BCUT2D eigenvalue weighted by molar-refractivity contribution is 5.95. The number of nitrogen functional groups attached to an aromatic ring is 1. The highest BCUT2D eigenvalue weighted by Crippen LogP contribution is 2.16. The summed E-state index contributed by atoms with van der Waals surface area (Å²) in [6.07, 6.45) is 0. The first kappa shape index (κ1) is 11.8. The number of para-hydroxylation sites is 1. The Balaban J connectivity index is 0.00000144. The molecule has 2 N–H and O–H groups in total. The molecule has 0 heterocycles. The van der Waals surface area contributed by atoms with Crippen molar-refractivity contribution in [3.63, 3.8) is 0 Å². The van der Waals surface area contributed by atoms with Crippen LogP contribution in [0, 0.1) is 6.92 Å². The summed E-state index contributed by atoms with van der Waals surface area (Å²) in [5.41, 5.74) is 7.46. The molecule has 0 spiro atoms. The van der Waals surface area contributed by atoms with Gasteiger partial charge in [-0.25, -0.2) is 4.79 Å². The number of hydrogen-bond acceptors (Lipinski definition) is 3.